The smallest absolute Gasteiger partial charge is 0.346 e. The van der Waals surface area contributed by atoms with Crippen LogP contribution in [0.3, 0.4) is 0 Å². The Balaban J connectivity index is 1.72. The van der Waals surface area contributed by atoms with Crippen molar-refractivity contribution in [1.29, 1.82) is 0 Å². The van der Waals surface area contributed by atoms with E-state index in [2.05, 4.69) is 26.0 Å². The van der Waals surface area contributed by atoms with Crippen LogP contribution in [0.15, 0.2) is 24.3 Å². The molecular formula is C20H28O3. The Morgan fingerprint density at radius 3 is 2.48 bits per heavy atom. The summed E-state index contributed by atoms with van der Waals surface area (Å²) in [7, 11) is 0. The Labute approximate surface area is 139 Å². The van der Waals surface area contributed by atoms with Gasteiger partial charge >= 0.3 is 5.97 Å². The molecule has 2 aliphatic rings. The molecule has 3 nitrogen and oxygen atoms in total. The first-order valence-corrected chi connectivity index (χ1v) is 9.09. The van der Waals surface area contributed by atoms with Crippen LogP contribution in [-0.2, 0) is 19.9 Å². The molecule has 1 spiro atoms. The number of carbonyl (C=O) groups is 1. The number of carbonyl (C=O) groups excluding carboxylic acids is 1. The van der Waals surface area contributed by atoms with Crippen LogP contribution in [0.5, 0.6) is 0 Å². The van der Waals surface area contributed by atoms with Gasteiger partial charge in [-0.1, -0.05) is 68.9 Å². The van der Waals surface area contributed by atoms with Crippen LogP contribution >= 0.6 is 0 Å². The van der Waals surface area contributed by atoms with Crippen LogP contribution in [0.4, 0.5) is 0 Å². The minimum absolute atomic E-state index is 0.181. The third-order valence-electron chi connectivity index (χ3n) is 5.34. The van der Waals surface area contributed by atoms with Crippen LogP contribution in [0.25, 0.3) is 0 Å². The van der Waals surface area contributed by atoms with E-state index >= 15 is 0 Å². The third kappa shape index (κ3) is 2.91. The molecule has 1 unspecified atom stereocenters. The number of esters is 1. The highest BCUT2D eigenvalue weighted by Gasteiger charge is 2.76. The van der Waals surface area contributed by atoms with Crippen molar-refractivity contribution in [2.75, 3.05) is 6.61 Å². The molecule has 2 fully saturated rings. The molecule has 1 heterocycles. The zero-order valence-electron chi connectivity index (χ0n) is 14.4. The summed E-state index contributed by atoms with van der Waals surface area (Å²) in [6.45, 7) is 4.74. The maximum atomic E-state index is 12.9. The highest BCUT2D eigenvalue weighted by atomic mass is 16.7. The number of benzene rings is 1. The summed E-state index contributed by atoms with van der Waals surface area (Å²) in [5, 5.41) is 0. The number of epoxide rings is 1. The molecule has 1 aromatic carbocycles. The molecule has 0 amide bonds. The second kappa shape index (κ2) is 6.64. The van der Waals surface area contributed by atoms with E-state index in [-0.39, 0.29) is 11.6 Å². The van der Waals surface area contributed by atoms with Gasteiger partial charge in [-0.2, -0.15) is 0 Å². The Hall–Kier alpha value is -1.35. The van der Waals surface area contributed by atoms with Crippen molar-refractivity contribution in [3.05, 3.63) is 35.4 Å². The first-order chi connectivity index (χ1) is 11.1. The summed E-state index contributed by atoms with van der Waals surface area (Å²) in [5.41, 5.74) is 1.01. The lowest BCUT2D eigenvalue weighted by Gasteiger charge is -2.16. The fourth-order valence-corrected chi connectivity index (χ4v) is 3.92. The Morgan fingerprint density at radius 1 is 1.13 bits per heavy atom. The summed E-state index contributed by atoms with van der Waals surface area (Å²) in [4.78, 5) is 12.9. The molecule has 1 saturated carbocycles. The Kier molecular flexibility index (Phi) is 4.77. The van der Waals surface area contributed by atoms with Crippen molar-refractivity contribution in [3.63, 3.8) is 0 Å². The average Bonchev–Trinajstić information content (AvgIpc) is 2.95. The van der Waals surface area contributed by atoms with E-state index in [0.717, 1.165) is 44.1 Å². The molecular weight excluding hydrogens is 288 g/mol. The third-order valence-corrected chi connectivity index (χ3v) is 5.34. The van der Waals surface area contributed by atoms with Gasteiger partial charge in [-0.3, -0.25) is 0 Å². The van der Waals surface area contributed by atoms with Crippen molar-refractivity contribution < 1.29 is 14.3 Å². The van der Waals surface area contributed by atoms with E-state index in [1.807, 2.05) is 12.1 Å². The van der Waals surface area contributed by atoms with Crippen molar-refractivity contribution in [3.8, 4) is 0 Å². The standard InChI is InChI=1S/C20H28O3/c1-3-4-5-8-15-22-18(21)20(17-11-9-16(2)10-12-17)19(23-20)13-6-7-14-19/h9-12H,3-8,13-15H2,1-2H3. The fourth-order valence-electron chi connectivity index (χ4n) is 3.92. The summed E-state index contributed by atoms with van der Waals surface area (Å²) in [5.74, 6) is -0.181. The van der Waals surface area contributed by atoms with Gasteiger partial charge < -0.3 is 9.47 Å². The van der Waals surface area contributed by atoms with Crippen LogP contribution in [0.2, 0.25) is 0 Å². The second-order valence-electron chi connectivity index (χ2n) is 7.05. The Bertz CT molecular complexity index is 543. The molecule has 23 heavy (non-hydrogen) atoms. The Morgan fingerprint density at radius 2 is 1.83 bits per heavy atom. The molecule has 126 valence electrons. The highest BCUT2D eigenvalue weighted by Crippen LogP contribution is 2.64. The van der Waals surface area contributed by atoms with Gasteiger partial charge in [0.25, 0.3) is 0 Å². The summed E-state index contributed by atoms with van der Waals surface area (Å²) < 4.78 is 11.8. The number of hydrogen-bond acceptors (Lipinski definition) is 3. The first-order valence-electron chi connectivity index (χ1n) is 9.09. The maximum absolute atomic E-state index is 12.9. The normalized spacial score (nSPS) is 24.8. The lowest BCUT2D eigenvalue weighted by atomic mass is 9.84. The predicted molar refractivity (Wildman–Crippen MR) is 90.2 cm³/mol. The topological polar surface area (TPSA) is 38.8 Å². The number of aryl methyl sites for hydroxylation is 1. The molecule has 0 radical (unpaired) electrons. The van der Waals surface area contributed by atoms with Gasteiger partial charge in [0, 0.05) is 0 Å². The van der Waals surface area contributed by atoms with E-state index in [1.165, 1.54) is 18.4 Å². The first kappa shape index (κ1) is 16.5. The summed E-state index contributed by atoms with van der Waals surface area (Å²) in [6, 6.07) is 8.16. The lowest BCUT2D eigenvalue weighted by Crippen LogP contribution is -2.32. The fraction of sp³-hybridized carbons (Fsp3) is 0.650. The summed E-state index contributed by atoms with van der Waals surface area (Å²) >= 11 is 0. The molecule has 1 aliphatic carbocycles. The van der Waals surface area contributed by atoms with E-state index in [9.17, 15) is 4.79 Å². The number of unbranched alkanes of at least 4 members (excludes halogenated alkanes) is 3. The van der Waals surface area contributed by atoms with Crippen molar-refractivity contribution >= 4 is 5.97 Å². The van der Waals surface area contributed by atoms with Gasteiger partial charge in [0.2, 0.25) is 5.60 Å². The zero-order chi connectivity index (χ0) is 16.3. The predicted octanol–water partition coefficient (Wildman–Crippen LogP) is 4.66. The van der Waals surface area contributed by atoms with Gasteiger partial charge in [0.15, 0.2) is 0 Å². The van der Waals surface area contributed by atoms with E-state index in [4.69, 9.17) is 9.47 Å². The van der Waals surface area contributed by atoms with E-state index in [0.29, 0.717) is 6.61 Å². The molecule has 1 atom stereocenters. The number of ether oxygens (including phenoxy) is 2. The molecule has 1 aromatic rings. The van der Waals surface area contributed by atoms with Crippen molar-refractivity contribution in [1.82, 2.24) is 0 Å². The van der Waals surface area contributed by atoms with Gasteiger partial charge in [-0.15, -0.1) is 0 Å². The van der Waals surface area contributed by atoms with E-state index < -0.39 is 5.60 Å². The maximum Gasteiger partial charge on any atom is 0.346 e. The van der Waals surface area contributed by atoms with Gasteiger partial charge in [-0.25, -0.2) is 4.79 Å². The molecule has 1 saturated heterocycles. The number of rotatable bonds is 7. The van der Waals surface area contributed by atoms with Crippen LogP contribution < -0.4 is 0 Å². The van der Waals surface area contributed by atoms with Gasteiger partial charge in [0.1, 0.15) is 5.60 Å². The van der Waals surface area contributed by atoms with Gasteiger partial charge in [-0.05, 0) is 31.7 Å². The average molecular weight is 316 g/mol. The molecule has 0 aromatic heterocycles. The molecule has 3 rings (SSSR count). The largest absolute Gasteiger partial charge is 0.463 e. The van der Waals surface area contributed by atoms with Crippen LogP contribution in [-0.4, -0.2) is 18.2 Å². The zero-order valence-corrected chi connectivity index (χ0v) is 14.4. The van der Waals surface area contributed by atoms with Crippen LogP contribution in [0, 0.1) is 6.92 Å². The van der Waals surface area contributed by atoms with Gasteiger partial charge in [0.05, 0.1) is 6.61 Å². The minimum Gasteiger partial charge on any atom is -0.463 e. The van der Waals surface area contributed by atoms with Crippen molar-refractivity contribution in [2.24, 2.45) is 0 Å². The second-order valence-corrected chi connectivity index (χ2v) is 7.05. The SMILES string of the molecule is CCCCCCOC(=O)C1(c2ccc(C)cc2)OC12CCCC2. The molecule has 3 heteroatoms. The van der Waals surface area contributed by atoms with Crippen LogP contribution in [0.1, 0.15) is 69.4 Å². The summed E-state index contributed by atoms with van der Waals surface area (Å²) in [6.07, 6.45) is 8.64. The quantitative estimate of drug-likeness (QED) is 0.417. The molecule has 0 bridgehead atoms. The molecule has 1 aliphatic heterocycles. The van der Waals surface area contributed by atoms with Crippen molar-refractivity contribution in [2.45, 2.75) is 76.4 Å². The monoisotopic (exact) mass is 316 g/mol. The lowest BCUT2D eigenvalue weighted by molar-refractivity contribution is -0.150. The highest BCUT2D eigenvalue weighted by molar-refractivity contribution is 5.87. The number of hydrogen-bond donors (Lipinski definition) is 0. The minimum atomic E-state index is -0.845. The molecule has 0 N–H and O–H groups in total. The van der Waals surface area contributed by atoms with E-state index in [1.54, 1.807) is 0 Å².